The Balaban J connectivity index is 2.23. The smallest absolute Gasteiger partial charge is 0.142 e. The first-order chi connectivity index (χ1) is 8.20. The molecule has 2 aromatic rings. The van der Waals surface area contributed by atoms with Crippen molar-refractivity contribution in [2.24, 2.45) is 5.73 Å². The van der Waals surface area contributed by atoms with E-state index in [0.29, 0.717) is 5.56 Å². The Hall–Kier alpha value is -1.33. The second-order valence-electron chi connectivity index (χ2n) is 3.86. The van der Waals surface area contributed by atoms with Gasteiger partial charge in [0, 0.05) is 17.1 Å². The molecule has 17 heavy (non-hydrogen) atoms. The average Bonchev–Trinajstić information content (AvgIpc) is 2.78. The number of halogens is 1. The molecule has 0 aliphatic rings. The SMILES string of the molecule is CCCC(N)c1nc(-c2cncc(F)c2)cs1. The summed E-state index contributed by atoms with van der Waals surface area (Å²) in [6.45, 7) is 2.09. The standard InChI is InChI=1S/C12H14FN3S/c1-2-3-10(14)12-16-11(7-17-12)8-4-9(13)6-15-5-8/h4-7,10H,2-3,14H2,1H3. The lowest BCUT2D eigenvalue weighted by molar-refractivity contribution is 0.621. The van der Waals surface area contributed by atoms with Crippen molar-refractivity contribution in [1.82, 2.24) is 9.97 Å². The molecule has 2 aromatic heterocycles. The zero-order valence-corrected chi connectivity index (χ0v) is 10.4. The van der Waals surface area contributed by atoms with Gasteiger partial charge in [-0.1, -0.05) is 13.3 Å². The van der Waals surface area contributed by atoms with Gasteiger partial charge in [0.2, 0.25) is 0 Å². The fourth-order valence-corrected chi connectivity index (χ4v) is 2.44. The summed E-state index contributed by atoms with van der Waals surface area (Å²) in [5.74, 6) is -0.352. The van der Waals surface area contributed by atoms with Gasteiger partial charge in [-0.3, -0.25) is 4.98 Å². The fraction of sp³-hybridized carbons (Fsp3) is 0.333. The molecule has 0 radical (unpaired) electrons. The van der Waals surface area contributed by atoms with Gasteiger partial charge < -0.3 is 5.73 Å². The lowest BCUT2D eigenvalue weighted by atomic mass is 10.2. The number of nitrogens with zero attached hydrogens (tertiary/aromatic N) is 2. The van der Waals surface area contributed by atoms with Gasteiger partial charge in [0.25, 0.3) is 0 Å². The predicted molar refractivity (Wildman–Crippen MR) is 67.1 cm³/mol. The van der Waals surface area contributed by atoms with Crippen LogP contribution in [0.15, 0.2) is 23.8 Å². The molecule has 0 saturated carbocycles. The van der Waals surface area contributed by atoms with E-state index in [4.69, 9.17) is 5.73 Å². The minimum absolute atomic E-state index is 0.0275. The van der Waals surface area contributed by atoms with Crippen LogP contribution in [0, 0.1) is 5.82 Å². The zero-order valence-electron chi connectivity index (χ0n) is 9.56. The van der Waals surface area contributed by atoms with E-state index in [1.807, 2.05) is 5.38 Å². The van der Waals surface area contributed by atoms with Gasteiger partial charge in [0.1, 0.15) is 10.8 Å². The maximum atomic E-state index is 13.0. The second kappa shape index (κ2) is 5.33. The van der Waals surface area contributed by atoms with Crippen molar-refractivity contribution in [3.05, 3.63) is 34.7 Å². The molecule has 1 atom stereocenters. The second-order valence-corrected chi connectivity index (χ2v) is 4.75. The van der Waals surface area contributed by atoms with Crippen LogP contribution in [0.4, 0.5) is 4.39 Å². The van der Waals surface area contributed by atoms with Crippen LogP contribution in [-0.4, -0.2) is 9.97 Å². The van der Waals surface area contributed by atoms with Crippen molar-refractivity contribution >= 4 is 11.3 Å². The molecule has 2 rings (SSSR count). The van der Waals surface area contributed by atoms with Crippen molar-refractivity contribution in [3.8, 4) is 11.3 Å². The topological polar surface area (TPSA) is 51.8 Å². The number of hydrogen-bond acceptors (Lipinski definition) is 4. The number of pyridine rings is 1. The van der Waals surface area contributed by atoms with Gasteiger partial charge in [-0.25, -0.2) is 9.37 Å². The van der Waals surface area contributed by atoms with Crippen LogP contribution in [-0.2, 0) is 0 Å². The molecule has 3 nitrogen and oxygen atoms in total. The Morgan fingerprint density at radius 1 is 1.47 bits per heavy atom. The molecule has 0 spiro atoms. The molecule has 0 aliphatic heterocycles. The summed E-state index contributed by atoms with van der Waals surface area (Å²) >= 11 is 1.51. The Morgan fingerprint density at radius 3 is 3.00 bits per heavy atom. The molecule has 5 heteroatoms. The molecular formula is C12H14FN3S. The summed E-state index contributed by atoms with van der Waals surface area (Å²) in [6.07, 6.45) is 4.72. The maximum Gasteiger partial charge on any atom is 0.142 e. The molecule has 2 heterocycles. The van der Waals surface area contributed by atoms with Crippen LogP contribution in [0.5, 0.6) is 0 Å². The molecule has 90 valence electrons. The Morgan fingerprint density at radius 2 is 2.29 bits per heavy atom. The van der Waals surface area contributed by atoms with E-state index in [9.17, 15) is 4.39 Å². The van der Waals surface area contributed by atoms with Gasteiger partial charge in [-0.05, 0) is 12.5 Å². The number of rotatable bonds is 4. The minimum atomic E-state index is -0.352. The molecule has 0 fully saturated rings. The quantitative estimate of drug-likeness (QED) is 0.908. The van der Waals surface area contributed by atoms with Gasteiger partial charge in [0.05, 0.1) is 17.9 Å². The van der Waals surface area contributed by atoms with Crippen molar-refractivity contribution in [1.29, 1.82) is 0 Å². The summed E-state index contributed by atoms with van der Waals surface area (Å²) in [5.41, 5.74) is 7.42. The fourth-order valence-electron chi connectivity index (χ4n) is 1.58. The Labute approximate surface area is 104 Å². The van der Waals surface area contributed by atoms with Gasteiger partial charge in [-0.15, -0.1) is 11.3 Å². The van der Waals surface area contributed by atoms with E-state index in [0.717, 1.165) is 23.5 Å². The third-order valence-corrected chi connectivity index (χ3v) is 3.42. The summed E-state index contributed by atoms with van der Waals surface area (Å²) in [6, 6.07) is 1.40. The van der Waals surface area contributed by atoms with Gasteiger partial charge >= 0.3 is 0 Å². The van der Waals surface area contributed by atoms with Crippen molar-refractivity contribution in [2.45, 2.75) is 25.8 Å². The molecule has 2 N–H and O–H groups in total. The Kier molecular flexibility index (Phi) is 3.81. The van der Waals surface area contributed by atoms with E-state index in [1.54, 1.807) is 6.20 Å². The van der Waals surface area contributed by atoms with E-state index in [-0.39, 0.29) is 11.9 Å². The first kappa shape index (κ1) is 12.1. The summed E-state index contributed by atoms with van der Waals surface area (Å²) in [7, 11) is 0. The van der Waals surface area contributed by atoms with E-state index in [1.165, 1.54) is 23.6 Å². The highest BCUT2D eigenvalue weighted by Gasteiger charge is 2.11. The normalized spacial score (nSPS) is 12.6. The zero-order chi connectivity index (χ0) is 12.3. The first-order valence-corrected chi connectivity index (χ1v) is 6.40. The van der Waals surface area contributed by atoms with Gasteiger partial charge in [-0.2, -0.15) is 0 Å². The van der Waals surface area contributed by atoms with Gasteiger partial charge in [0.15, 0.2) is 0 Å². The monoisotopic (exact) mass is 251 g/mol. The Bertz CT molecular complexity index is 498. The van der Waals surface area contributed by atoms with E-state index >= 15 is 0 Å². The van der Waals surface area contributed by atoms with E-state index < -0.39 is 0 Å². The van der Waals surface area contributed by atoms with Crippen LogP contribution < -0.4 is 5.73 Å². The predicted octanol–water partition coefficient (Wildman–Crippen LogP) is 3.14. The van der Waals surface area contributed by atoms with Crippen LogP contribution >= 0.6 is 11.3 Å². The lowest BCUT2D eigenvalue weighted by Crippen LogP contribution is -2.09. The molecular weight excluding hydrogens is 237 g/mol. The molecule has 0 bridgehead atoms. The summed E-state index contributed by atoms with van der Waals surface area (Å²) in [4.78, 5) is 8.24. The maximum absolute atomic E-state index is 13.0. The molecule has 0 aromatic carbocycles. The summed E-state index contributed by atoms with van der Waals surface area (Å²) < 4.78 is 13.0. The average molecular weight is 251 g/mol. The van der Waals surface area contributed by atoms with Crippen molar-refractivity contribution in [2.75, 3.05) is 0 Å². The molecule has 1 unspecified atom stereocenters. The highest BCUT2D eigenvalue weighted by molar-refractivity contribution is 7.10. The van der Waals surface area contributed by atoms with Crippen LogP contribution in [0.1, 0.15) is 30.8 Å². The molecule has 0 saturated heterocycles. The van der Waals surface area contributed by atoms with E-state index in [2.05, 4.69) is 16.9 Å². The lowest BCUT2D eigenvalue weighted by Gasteiger charge is -2.04. The number of thiazole rings is 1. The molecule has 0 amide bonds. The van der Waals surface area contributed by atoms with Crippen molar-refractivity contribution < 1.29 is 4.39 Å². The van der Waals surface area contributed by atoms with Crippen LogP contribution in [0.25, 0.3) is 11.3 Å². The third kappa shape index (κ3) is 2.87. The molecule has 0 aliphatic carbocycles. The summed E-state index contributed by atoms with van der Waals surface area (Å²) in [5, 5.41) is 2.78. The number of aromatic nitrogens is 2. The largest absolute Gasteiger partial charge is 0.322 e. The highest BCUT2D eigenvalue weighted by Crippen LogP contribution is 2.26. The first-order valence-electron chi connectivity index (χ1n) is 5.52. The highest BCUT2D eigenvalue weighted by atomic mass is 32.1. The van der Waals surface area contributed by atoms with Crippen LogP contribution in [0.3, 0.4) is 0 Å². The van der Waals surface area contributed by atoms with Crippen LogP contribution in [0.2, 0.25) is 0 Å². The third-order valence-electron chi connectivity index (χ3n) is 2.44. The van der Waals surface area contributed by atoms with Crippen molar-refractivity contribution in [3.63, 3.8) is 0 Å². The number of hydrogen-bond donors (Lipinski definition) is 1. The minimum Gasteiger partial charge on any atom is -0.322 e. The number of nitrogens with two attached hydrogens (primary N) is 1.